The molecule has 0 radical (unpaired) electrons. The summed E-state index contributed by atoms with van der Waals surface area (Å²) in [6.07, 6.45) is 11.9. The zero-order valence-electron chi connectivity index (χ0n) is 16.5. The fourth-order valence-corrected chi connectivity index (χ4v) is 2.88. The fourth-order valence-electron chi connectivity index (χ4n) is 2.88. The van der Waals surface area contributed by atoms with Gasteiger partial charge < -0.3 is 14.9 Å². The topological polar surface area (TPSA) is 0 Å². The van der Waals surface area contributed by atoms with Crippen LogP contribution in [0.15, 0.2) is 24.3 Å². The monoisotopic (exact) mass is 360 g/mol. The molecule has 3 rings (SSSR count). The van der Waals surface area contributed by atoms with Crippen LogP contribution < -0.4 is 0 Å². The third-order valence-corrected chi connectivity index (χ3v) is 4.97. The molecule has 23 heavy (non-hydrogen) atoms. The van der Waals surface area contributed by atoms with Crippen molar-refractivity contribution in [3.8, 4) is 0 Å². The van der Waals surface area contributed by atoms with E-state index in [1.54, 1.807) is 0 Å². The van der Waals surface area contributed by atoms with E-state index in [-0.39, 0.29) is 31.9 Å². The Hall–Kier alpha value is -0.261. The van der Waals surface area contributed by atoms with Crippen molar-refractivity contribution in [1.29, 1.82) is 0 Å². The standard InChI is InChI=1S/C8H10.C7H14.C5H10.2CH3.Fe/c1-7-5-3-4-6-8(7)2;1-6-4-3-5-7(6)2;1-2-4-5-3-1;;;/h3-6H,1-2H3;6-7H,3-5H2,1-2H3;1-5H2;2*1H3;/q;;;2*-1;+2. The summed E-state index contributed by atoms with van der Waals surface area (Å²) >= 11 is 0. The van der Waals surface area contributed by atoms with E-state index in [0.717, 1.165) is 11.8 Å². The maximum Gasteiger partial charge on any atom is 2.00 e. The van der Waals surface area contributed by atoms with Gasteiger partial charge in [-0.2, -0.15) is 0 Å². The van der Waals surface area contributed by atoms with Crippen LogP contribution in [0.4, 0.5) is 0 Å². The van der Waals surface area contributed by atoms with E-state index in [1.807, 2.05) is 0 Å². The molecule has 0 saturated heterocycles. The molecule has 0 bridgehead atoms. The van der Waals surface area contributed by atoms with Crippen molar-refractivity contribution in [2.45, 2.75) is 79.1 Å². The number of aryl methyl sites for hydroxylation is 2. The third kappa shape index (κ3) is 12.8. The Balaban J connectivity index is -0.000000250. The van der Waals surface area contributed by atoms with Crippen LogP contribution in [0.1, 0.15) is 76.3 Å². The Bertz CT molecular complexity index is 318. The second-order valence-corrected chi connectivity index (χ2v) is 6.74. The predicted octanol–water partition coefficient (Wildman–Crippen LogP) is 7.59. The van der Waals surface area contributed by atoms with Gasteiger partial charge in [-0.1, -0.05) is 89.5 Å². The van der Waals surface area contributed by atoms with Crippen LogP contribution in [-0.4, -0.2) is 0 Å². The maximum absolute atomic E-state index is 2.36. The summed E-state index contributed by atoms with van der Waals surface area (Å²) < 4.78 is 0. The maximum atomic E-state index is 2.36. The van der Waals surface area contributed by atoms with Gasteiger partial charge in [0.1, 0.15) is 0 Å². The molecule has 0 spiro atoms. The first kappa shape index (κ1) is 27.6. The fraction of sp³-hybridized carbons (Fsp3) is 0.636. The minimum atomic E-state index is 0. The molecular formula is C22H40Fe. The summed E-state index contributed by atoms with van der Waals surface area (Å²) in [5, 5.41) is 0. The summed E-state index contributed by atoms with van der Waals surface area (Å²) in [4.78, 5) is 0. The van der Waals surface area contributed by atoms with E-state index in [2.05, 4.69) is 52.0 Å². The first-order valence-electron chi connectivity index (χ1n) is 8.63. The molecule has 1 aromatic carbocycles. The van der Waals surface area contributed by atoms with Gasteiger partial charge in [-0.05, 0) is 36.8 Å². The van der Waals surface area contributed by atoms with Crippen molar-refractivity contribution < 1.29 is 17.1 Å². The van der Waals surface area contributed by atoms with Crippen LogP contribution in [-0.2, 0) is 17.1 Å². The first-order valence-corrected chi connectivity index (χ1v) is 8.63. The number of hydrogen-bond acceptors (Lipinski definition) is 0. The van der Waals surface area contributed by atoms with Crippen molar-refractivity contribution in [1.82, 2.24) is 0 Å². The van der Waals surface area contributed by atoms with Crippen LogP contribution >= 0.6 is 0 Å². The molecule has 2 atom stereocenters. The SMILES string of the molecule is C1CCCC1.CC1CCCC1C.Cc1ccccc1C.[CH3-].[CH3-].[Fe+2]. The second kappa shape index (κ2) is 16.6. The molecule has 136 valence electrons. The smallest absolute Gasteiger partial charge is 0.358 e. The quantitative estimate of drug-likeness (QED) is 0.330. The van der Waals surface area contributed by atoms with Gasteiger partial charge in [-0.3, -0.25) is 0 Å². The van der Waals surface area contributed by atoms with Gasteiger partial charge in [0.2, 0.25) is 0 Å². The zero-order chi connectivity index (χ0) is 14.8. The molecule has 2 unspecified atom stereocenters. The van der Waals surface area contributed by atoms with E-state index in [4.69, 9.17) is 0 Å². The van der Waals surface area contributed by atoms with Crippen molar-refractivity contribution in [2.24, 2.45) is 11.8 Å². The van der Waals surface area contributed by atoms with E-state index in [9.17, 15) is 0 Å². The van der Waals surface area contributed by atoms with Crippen LogP contribution in [0.25, 0.3) is 0 Å². The van der Waals surface area contributed by atoms with Gasteiger partial charge in [0.15, 0.2) is 0 Å². The van der Waals surface area contributed by atoms with Crippen molar-refractivity contribution >= 4 is 0 Å². The molecule has 1 aromatic rings. The van der Waals surface area contributed by atoms with Crippen LogP contribution in [0.2, 0.25) is 0 Å². The molecule has 0 N–H and O–H groups in total. The van der Waals surface area contributed by atoms with Gasteiger partial charge in [0, 0.05) is 0 Å². The Morgan fingerprint density at radius 2 is 0.957 bits per heavy atom. The van der Waals surface area contributed by atoms with E-state index in [1.165, 1.54) is 62.5 Å². The average Bonchev–Trinajstić information content (AvgIpc) is 3.11. The second-order valence-electron chi connectivity index (χ2n) is 6.74. The number of benzene rings is 1. The molecule has 0 aliphatic heterocycles. The molecule has 0 amide bonds. The van der Waals surface area contributed by atoms with Gasteiger partial charge >= 0.3 is 17.1 Å². The average molecular weight is 360 g/mol. The Morgan fingerprint density at radius 3 is 1.13 bits per heavy atom. The molecule has 2 aliphatic rings. The van der Waals surface area contributed by atoms with Gasteiger partial charge in [0.25, 0.3) is 0 Å². The van der Waals surface area contributed by atoms with Gasteiger partial charge in [-0.25, -0.2) is 0 Å². The van der Waals surface area contributed by atoms with Crippen molar-refractivity contribution in [3.63, 3.8) is 0 Å². The molecule has 2 saturated carbocycles. The molecule has 0 aromatic heterocycles. The first-order chi connectivity index (χ1) is 9.61. The van der Waals surface area contributed by atoms with Crippen LogP contribution in [0, 0.1) is 40.5 Å². The Kier molecular flexibility index (Phi) is 19.9. The minimum absolute atomic E-state index is 0. The third-order valence-electron chi connectivity index (χ3n) is 4.97. The van der Waals surface area contributed by atoms with Crippen molar-refractivity contribution in [2.75, 3.05) is 0 Å². The summed E-state index contributed by atoms with van der Waals surface area (Å²) in [6, 6.07) is 8.36. The summed E-state index contributed by atoms with van der Waals surface area (Å²) in [5.74, 6) is 2.03. The molecule has 2 fully saturated rings. The van der Waals surface area contributed by atoms with E-state index < -0.39 is 0 Å². The Labute approximate surface area is 158 Å². The largest absolute Gasteiger partial charge is 2.00 e. The molecule has 0 heterocycles. The minimum Gasteiger partial charge on any atom is -0.358 e. The number of hydrogen-bond donors (Lipinski definition) is 0. The number of rotatable bonds is 0. The van der Waals surface area contributed by atoms with E-state index >= 15 is 0 Å². The summed E-state index contributed by atoms with van der Waals surface area (Å²) in [7, 11) is 0. The molecule has 0 nitrogen and oxygen atoms in total. The molecule has 1 heteroatoms. The van der Waals surface area contributed by atoms with E-state index in [0.29, 0.717) is 0 Å². The van der Waals surface area contributed by atoms with Crippen molar-refractivity contribution in [3.05, 3.63) is 50.2 Å². The predicted molar refractivity (Wildman–Crippen MR) is 104 cm³/mol. The zero-order valence-corrected chi connectivity index (χ0v) is 17.6. The molecule has 2 aliphatic carbocycles. The van der Waals surface area contributed by atoms with Gasteiger partial charge in [-0.15, -0.1) is 0 Å². The van der Waals surface area contributed by atoms with Crippen LogP contribution in [0.5, 0.6) is 0 Å². The Morgan fingerprint density at radius 1 is 0.652 bits per heavy atom. The summed E-state index contributed by atoms with van der Waals surface area (Å²) in [5.41, 5.74) is 2.74. The van der Waals surface area contributed by atoms with Gasteiger partial charge in [0.05, 0.1) is 0 Å². The van der Waals surface area contributed by atoms with Crippen LogP contribution in [0.3, 0.4) is 0 Å². The summed E-state index contributed by atoms with van der Waals surface area (Å²) in [6.45, 7) is 8.96. The normalized spacial score (nSPS) is 21.2. The molecular weight excluding hydrogens is 320 g/mol.